The van der Waals surface area contributed by atoms with Crippen molar-refractivity contribution in [2.45, 2.75) is 6.42 Å². The zero-order valence-corrected chi connectivity index (χ0v) is 13.5. The highest BCUT2D eigenvalue weighted by Crippen LogP contribution is 2.22. The van der Waals surface area contributed by atoms with Gasteiger partial charge in [-0.15, -0.1) is 5.10 Å². The van der Waals surface area contributed by atoms with Crippen LogP contribution < -0.4 is 5.32 Å². The lowest BCUT2D eigenvalue weighted by Gasteiger charge is -2.07. The third kappa shape index (κ3) is 4.02. The van der Waals surface area contributed by atoms with Gasteiger partial charge in [-0.05, 0) is 36.3 Å². The van der Waals surface area contributed by atoms with Crippen LogP contribution in [-0.4, -0.2) is 43.9 Å². The fourth-order valence-corrected chi connectivity index (χ4v) is 2.43. The number of aliphatic hydroxyl groups excluding tert-OH is 1. The Kier molecular flexibility index (Phi) is 5.06. The van der Waals surface area contributed by atoms with E-state index in [4.69, 9.17) is 10.2 Å². The normalized spacial score (nSPS) is 11.2. The first-order valence-electron chi connectivity index (χ1n) is 7.88. The molecule has 25 heavy (non-hydrogen) atoms. The minimum atomic E-state index is -0.986. The molecule has 0 aliphatic carbocycles. The van der Waals surface area contributed by atoms with Crippen molar-refractivity contribution >= 4 is 23.5 Å². The van der Waals surface area contributed by atoms with Crippen molar-refractivity contribution in [1.82, 2.24) is 14.6 Å². The fraction of sp³-hybridized carbons (Fsp3) is 0.167. The van der Waals surface area contributed by atoms with Gasteiger partial charge in [-0.3, -0.25) is 0 Å². The first kappa shape index (κ1) is 16.7. The Morgan fingerprint density at radius 3 is 2.96 bits per heavy atom. The molecule has 0 bridgehead atoms. The van der Waals surface area contributed by atoms with Gasteiger partial charge in [0.1, 0.15) is 5.82 Å². The van der Waals surface area contributed by atoms with Gasteiger partial charge in [0.25, 0.3) is 0 Å². The molecule has 0 aliphatic heterocycles. The van der Waals surface area contributed by atoms with E-state index in [-0.39, 0.29) is 6.61 Å². The van der Waals surface area contributed by atoms with Crippen molar-refractivity contribution < 1.29 is 15.0 Å². The van der Waals surface area contributed by atoms with Crippen molar-refractivity contribution in [3.8, 4) is 11.3 Å². The van der Waals surface area contributed by atoms with Gasteiger partial charge in [0.15, 0.2) is 5.65 Å². The Labute approximate surface area is 144 Å². The molecular formula is C18H18N4O3. The molecule has 0 spiro atoms. The van der Waals surface area contributed by atoms with Gasteiger partial charge in [-0.25, -0.2) is 14.3 Å². The van der Waals surface area contributed by atoms with Gasteiger partial charge < -0.3 is 15.5 Å². The lowest BCUT2D eigenvalue weighted by atomic mass is 10.1. The molecule has 0 saturated heterocycles. The van der Waals surface area contributed by atoms with E-state index >= 15 is 0 Å². The highest BCUT2D eigenvalue weighted by atomic mass is 16.4. The summed E-state index contributed by atoms with van der Waals surface area (Å²) < 4.78 is 1.74. The number of aromatic nitrogens is 3. The van der Waals surface area contributed by atoms with Gasteiger partial charge in [0.2, 0.25) is 0 Å². The highest BCUT2D eigenvalue weighted by Gasteiger charge is 2.08. The molecule has 7 heteroatoms. The van der Waals surface area contributed by atoms with Crippen LogP contribution in [0.5, 0.6) is 0 Å². The maximum Gasteiger partial charge on any atom is 0.328 e. The average molecular weight is 338 g/mol. The lowest BCUT2D eigenvalue weighted by molar-refractivity contribution is -0.131. The monoisotopic (exact) mass is 338 g/mol. The molecule has 2 aromatic heterocycles. The number of fused-ring (bicyclic) bond motifs is 1. The summed E-state index contributed by atoms with van der Waals surface area (Å²) in [6.45, 7) is 0.761. The molecule has 2 heterocycles. The second-order valence-corrected chi connectivity index (χ2v) is 5.43. The molecule has 128 valence electrons. The number of nitrogens with one attached hydrogen (secondary N) is 1. The van der Waals surface area contributed by atoms with E-state index in [0.717, 1.165) is 22.9 Å². The first-order chi connectivity index (χ1) is 12.2. The number of rotatable bonds is 7. The van der Waals surface area contributed by atoms with E-state index in [1.807, 2.05) is 36.4 Å². The van der Waals surface area contributed by atoms with Crippen LogP contribution >= 0.6 is 0 Å². The molecule has 0 atom stereocenters. The van der Waals surface area contributed by atoms with E-state index in [1.54, 1.807) is 16.8 Å². The number of hydrogen-bond acceptors (Lipinski definition) is 5. The fourth-order valence-electron chi connectivity index (χ4n) is 2.43. The SMILES string of the molecule is O=C(O)C=Cc1cccc(-c2cnc3ccc(NCCCO)nn23)c1. The van der Waals surface area contributed by atoms with Crippen LogP contribution in [0.25, 0.3) is 23.0 Å². The van der Waals surface area contributed by atoms with Crippen LogP contribution in [0.2, 0.25) is 0 Å². The third-order valence-electron chi connectivity index (χ3n) is 3.60. The molecular weight excluding hydrogens is 320 g/mol. The number of hydrogen-bond donors (Lipinski definition) is 3. The zero-order chi connectivity index (χ0) is 17.6. The standard InChI is InChI=1S/C18H18N4O3/c23-10-2-9-19-16-6-7-17-20-12-15(22(17)21-16)14-4-1-3-13(11-14)5-8-18(24)25/h1,3-8,11-12,23H,2,9-10H2,(H,19,21)(H,24,25). The largest absolute Gasteiger partial charge is 0.478 e. The third-order valence-corrected chi connectivity index (χ3v) is 3.60. The predicted octanol–water partition coefficient (Wildman–Crippen LogP) is 2.29. The summed E-state index contributed by atoms with van der Waals surface area (Å²) in [4.78, 5) is 15.0. The summed E-state index contributed by atoms with van der Waals surface area (Å²) in [6, 6.07) is 11.2. The van der Waals surface area contributed by atoms with Crippen molar-refractivity contribution in [2.75, 3.05) is 18.5 Å². The summed E-state index contributed by atoms with van der Waals surface area (Å²) in [7, 11) is 0. The van der Waals surface area contributed by atoms with Crippen LogP contribution in [0.15, 0.2) is 48.7 Å². The summed E-state index contributed by atoms with van der Waals surface area (Å²) in [6.07, 6.45) is 5.04. The van der Waals surface area contributed by atoms with Crippen LogP contribution in [0, 0.1) is 0 Å². The van der Waals surface area contributed by atoms with Crippen molar-refractivity contribution in [3.05, 3.63) is 54.2 Å². The van der Waals surface area contributed by atoms with Crippen LogP contribution in [0.4, 0.5) is 5.82 Å². The number of aliphatic hydroxyl groups is 1. The van der Waals surface area contributed by atoms with Gasteiger partial charge in [0, 0.05) is 24.8 Å². The molecule has 0 saturated carbocycles. The minimum absolute atomic E-state index is 0.127. The lowest BCUT2D eigenvalue weighted by Crippen LogP contribution is -2.07. The topological polar surface area (TPSA) is 99.8 Å². The smallest absolute Gasteiger partial charge is 0.328 e. The average Bonchev–Trinajstić information content (AvgIpc) is 3.04. The molecule has 0 amide bonds. The number of carboxylic acids is 1. The Bertz CT molecular complexity index is 918. The van der Waals surface area contributed by atoms with Crippen LogP contribution in [0.3, 0.4) is 0 Å². The quantitative estimate of drug-likeness (QED) is 0.451. The van der Waals surface area contributed by atoms with Crippen molar-refractivity contribution in [3.63, 3.8) is 0 Å². The molecule has 0 radical (unpaired) electrons. The van der Waals surface area contributed by atoms with E-state index in [1.165, 1.54) is 0 Å². The van der Waals surface area contributed by atoms with Crippen molar-refractivity contribution in [2.24, 2.45) is 0 Å². The Hall–Kier alpha value is -3.19. The second kappa shape index (κ2) is 7.59. The predicted molar refractivity (Wildman–Crippen MR) is 95.3 cm³/mol. The van der Waals surface area contributed by atoms with E-state index < -0.39 is 5.97 Å². The van der Waals surface area contributed by atoms with Crippen LogP contribution in [-0.2, 0) is 4.79 Å². The zero-order valence-electron chi connectivity index (χ0n) is 13.5. The van der Waals surface area contributed by atoms with Gasteiger partial charge in [0.05, 0.1) is 11.9 Å². The van der Waals surface area contributed by atoms with Crippen molar-refractivity contribution in [1.29, 1.82) is 0 Å². The molecule has 3 aromatic rings. The van der Waals surface area contributed by atoms with Gasteiger partial charge in [-0.1, -0.05) is 18.2 Å². The minimum Gasteiger partial charge on any atom is -0.478 e. The molecule has 0 unspecified atom stereocenters. The molecule has 7 nitrogen and oxygen atoms in total. The Morgan fingerprint density at radius 1 is 1.28 bits per heavy atom. The number of carbonyl (C=O) groups is 1. The van der Waals surface area contributed by atoms with E-state index in [0.29, 0.717) is 24.4 Å². The molecule has 0 fully saturated rings. The van der Waals surface area contributed by atoms with Gasteiger partial charge >= 0.3 is 5.97 Å². The summed E-state index contributed by atoms with van der Waals surface area (Å²) in [5.74, 6) is -0.289. The number of nitrogens with zero attached hydrogens (tertiary/aromatic N) is 3. The number of anilines is 1. The first-order valence-corrected chi connectivity index (χ1v) is 7.88. The molecule has 0 aliphatic rings. The number of carboxylic acid groups (broad SMARTS) is 1. The number of aliphatic carboxylic acids is 1. The summed E-state index contributed by atoms with van der Waals surface area (Å²) in [5.41, 5.74) is 3.20. The second-order valence-electron chi connectivity index (χ2n) is 5.43. The highest BCUT2D eigenvalue weighted by molar-refractivity contribution is 5.85. The number of imidazole rings is 1. The summed E-state index contributed by atoms with van der Waals surface area (Å²) in [5, 5.41) is 25.3. The van der Waals surface area contributed by atoms with E-state index in [2.05, 4.69) is 15.4 Å². The Balaban J connectivity index is 1.94. The number of benzene rings is 1. The summed E-state index contributed by atoms with van der Waals surface area (Å²) >= 11 is 0. The van der Waals surface area contributed by atoms with Gasteiger partial charge in [-0.2, -0.15) is 0 Å². The molecule has 3 rings (SSSR count). The molecule has 1 aromatic carbocycles. The maximum absolute atomic E-state index is 10.7. The molecule has 3 N–H and O–H groups in total. The van der Waals surface area contributed by atoms with E-state index in [9.17, 15) is 4.79 Å². The maximum atomic E-state index is 10.7. The Morgan fingerprint density at radius 2 is 2.16 bits per heavy atom. The van der Waals surface area contributed by atoms with Crippen LogP contribution in [0.1, 0.15) is 12.0 Å².